The summed E-state index contributed by atoms with van der Waals surface area (Å²) in [6, 6.07) is 13.9. The fraction of sp³-hybridized carbons (Fsp3) is 0.391. The van der Waals surface area contributed by atoms with Crippen molar-refractivity contribution in [3.63, 3.8) is 0 Å². The molecule has 7 heteroatoms. The first kappa shape index (κ1) is 20.8. The Balaban J connectivity index is 1.41. The number of hydrogen-bond donors (Lipinski definition) is 1. The van der Waals surface area contributed by atoms with Gasteiger partial charge in [-0.2, -0.15) is 0 Å². The minimum atomic E-state index is -0.183. The zero-order valence-corrected chi connectivity index (χ0v) is 18.4. The molecule has 158 valence electrons. The van der Waals surface area contributed by atoms with Gasteiger partial charge >= 0.3 is 0 Å². The summed E-state index contributed by atoms with van der Waals surface area (Å²) in [6.07, 6.45) is 0. The number of thioether (sulfide) groups is 1. The molecule has 0 bridgehead atoms. The van der Waals surface area contributed by atoms with Crippen LogP contribution in [0.1, 0.15) is 12.5 Å². The molecule has 2 heterocycles. The third-order valence-corrected chi connectivity index (χ3v) is 6.83. The van der Waals surface area contributed by atoms with E-state index in [0.717, 1.165) is 54.6 Å². The maximum absolute atomic E-state index is 12.7. The monoisotopic (exact) mass is 424 g/mol. The Morgan fingerprint density at radius 2 is 1.87 bits per heavy atom. The number of nitrogens with zero attached hydrogens (tertiary/aromatic N) is 3. The molecule has 1 N–H and O–H groups in total. The molecule has 0 aromatic heterocycles. The van der Waals surface area contributed by atoms with Crippen molar-refractivity contribution in [1.82, 2.24) is 4.90 Å². The van der Waals surface area contributed by atoms with Crippen LogP contribution in [0.4, 0.5) is 17.1 Å². The number of anilines is 3. The van der Waals surface area contributed by atoms with Crippen molar-refractivity contribution < 1.29 is 9.59 Å². The molecule has 6 nitrogen and oxygen atoms in total. The van der Waals surface area contributed by atoms with Crippen molar-refractivity contribution in [3.8, 4) is 0 Å². The molecule has 1 fully saturated rings. The molecule has 2 aliphatic heterocycles. The lowest BCUT2D eigenvalue weighted by molar-refractivity contribution is -0.120. The van der Waals surface area contributed by atoms with Crippen LogP contribution in [0.3, 0.4) is 0 Å². The van der Waals surface area contributed by atoms with E-state index in [9.17, 15) is 9.59 Å². The fourth-order valence-electron chi connectivity index (χ4n) is 3.97. The molecular weight excluding hydrogens is 396 g/mol. The van der Waals surface area contributed by atoms with Crippen molar-refractivity contribution in [2.75, 3.05) is 60.1 Å². The van der Waals surface area contributed by atoms with E-state index in [0.29, 0.717) is 5.75 Å². The molecule has 0 unspecified atom stereocenters. The van der Waals surface area contributed by atoms with Gasteiger partial charge in [-0.15, -0.1) is 11.8 Å². The molecule has 0 aliphatic carbocycles. The summed E-state index contributed by atoms with van der Waals surface area (Å²) < 4.78 is 0. The van der Waals surface area contributed by atoms with Gasteiger partial charge in [-0.1, -0.05) is 19.1 Å². The third kappa shape index (κ3) is 4.47. The van der Waals surface area contributed by atoms with Crippen LogP contribution in [0, 0.1) is 6.92 Å². The van der Waals surface area contributed by atoms with Crippen molar-refractivity contribution in [2.24, 2.45) is 0 Å². The van der Waals surface area contributed by atoms with Crippen molar-refractivity contribution >= 4 is 40.6 Å². The summed E-state index contributed by atoms with van der Waals surface area (Å²) in [5.41, 5.74) is 3.83. The highest BCUT2D eigenvalue weighted by molar-refractivity contribution is 8.00. The molecule has 2 aliphatic rings. The number of piperazine rings is 1. The number of para-hydroxylation sites is 1. The first-order chi connectivity index (χ1) is 14.5. The van der Waals surface area contributed by atoms with E-state index in [1.54, 1.807) is 4.90 Å². The second kappa shape index (κ2) is 9.10. The molecule has 2 aromatic rings. The number of carbonyl (C=O) groups excluding carboxylic acids is 2. The second-order valence-electron chi connectivity index (χ2n) is 7.70. The van der Waals surface area contributed by atoms with E-state index < -0.39 is 0 Å². The topological polar surface area (TPSA) is 55.9 Å². The SMILES string of the molecule is CCN1CCN(c2ccc(NC(=O)CN3C(=O)CSc4ccccc43)c(C)c2)CC1. The van der Waals surface area contributed by atoms with Crippen molar-refractivity contribution in [1.29, 1.82) is 0 Å². The van der Waals surface area contributed by atoms with E-state index in [-0.39, 0.29) is 18.4 Å². The van der Waals surface area contributed by atoms with Gasteiger partial charge in [0.25, 0.3) is 0 Å². The normalized spacial score (nSPS) is 17.1. The maximum atomic E-state index is 12.7. The van der Waals surface area contributed by atoms with Gasteiger partial charge in [0.05, 0.1) is 11.4 Å². The number of aryl methyl sites for hydroxylation is 1. The molecule has 0 atom stereocenters. The predicted octanol–water partition coefficient (Wildman–Crippen LogP) is 3.21. The third-order valence-electron chi connectivity index (χ3n) is 5.78. The van der Waals surface area contributed by atoms with Gasteiger partial charge < -0.3 is 20.0 Å². The number of hydrogen-bond acceptors (Lipinski definition) is 5. The Labute approximate surface area is 182 Å². The average Bonchev–Trinajstić information content (AvgIpc) is 2.77. The Kier molecular flexibility index (Phi) is 6.29. The van der Waals surface area contributed by atoms with Gasteiger partial charge in [-0.25, -0.2) is 0 Å². The fourth-order valence-corrected chi connectivity index (χ4v) is 4.90. The number of amides is 2. The highest BCUT2D eigenvalue weighted by Crippen LogP contribution is 2.34. The zero-order valence-electron chi connectivity index (χ0n) is 17.6. The lowest BCUT2D eigenvalue weighted by Gasteiger charge is -2.35. The largest absolute Gasteiger partial charge is 0.369 e. The summed E-state index contributed by atoms with van der Waals surface area (Å²) in [4.78, 5) is 32.6. The highest BCUT2D eigenvalue weighted by Gasteiger charge is 2.26. The number of fused-ring (bicyclic) bond motifs is 1. The summed E-state index contributed by atoms with van der Waals surface area (Å²) in [6.45, 7) is 9.54. The average molecular weight is 425 g/mol. The van der Waals surface area contributed by atoms with Crippen molar-refractivity contribution in [2.45, 2.75) is 18.7 Å². The van der Waals surface area contributed by atoms with Gasteiger partial charge in [0.1, 0.15) is 6.54 Å². The molecule has 30 heavy (non-hydrogen) atoms. The number of rotatable bonds is 5. The summed E-state index contributed by atoms with van der Waals surface area (Å²) in [5, 5.41) is 2.99. The van der Waals surface area contributed by atoms with E-state index in [4.69, 9.17) is 0 Å². The van der Waals surface area contributed by atoms with Crippen LogP contribution in [0.15, 0.2) is 47.4 Å². The molecular formula is C23H28N4O2S. The first-order valence-corrected chi connectivity index (χ1v) is 11.4. The van der Waals surface area contributed by atoms with E-state index in [1.165, 1.54) is 17.4 Å². The summed E-state index contributed by atoms with van der Waals surface area (Å²) >= 11 is 1.52. The van der Waals surface area contributed by atoms with Crippen LogP contribution >= 0.6 is 11.8 Å². The molecule has 4 rings (SSSR count). The van der Waals surface area contributed by atoms with Crippen LogP contribution in [0.2, 0.25) is 0 Å². The van der Waals surface area contributed by atoms with Crippen LogP contribution in [-0.4, -0.2) is 61.7 Å². The number of likely N-dealkylation sites (N-methyl/N-ethyl adjacent to an activating group) is 1. The lowest BCUT2D eigenvalue weighted by Crippen LogP contribution is -2.46. The minimum Gasteiger partial charge on any atom is -0.369 e. The van der Waals surface area contributed by atoms with E-state index in [1.807, 2.05) is 37.3 Å². The van der Waals surface area contributed by atoms with Crippen LogP contribution in [0.25, 0.3) is 0 Å². The molecule has 0 saturated carbocycles. The highest BCUT2D eigenvalue weighted by atomic mass is 32.2. The molecule has 0 spiro atoms. The van der Waals surface area contributed by atoms with Gasteiger partial charge in [0.2, 0.25) is 11.8 Å². The standard InChI is InChI=1S/C23H28N4O2S/c1-3-25-10-12-26(13-11-25)18-8-9-19(17(2)14-18)24-22(28)15-27-20-6-4-5-7-21(20)30-16-23(27)29/h4-9,14H,3,10-13,15-16H2,1-2H3,(H,24,28). The first-order valence-electron chi connectivity index (χ1n) is 10.4. The van der Waals surface area contributed by atoms with E-state index >= 15 is 0 Å². The minimum absolute atomic E-state index is 0.0244. The smallest absolute Gasteiger partial charge is 0.244 e. The molecule has 0 radical (unpaired) electrons. The van der Waals surface area contributed by atoms with Crippen LogP contribution in [-0.2, 0) is 9.59 Å². The van der Waals surface area contributed by atoms with Gasteiger partial charge in [-0.3, -0.25) is 9.59 Å². The van der Waals surface area contributed by atoms with Gasteiger partial charge in [-0.05, 0) is 49.4 Å². The Hall–Kier alpha value is -2.51. The molecule has 2 amide bonds. The second-order valence-corrected chi connectivity index (χ2v) is 8.72. The Bertz CT molecular complexity index is 941. The number of nitrogens with one attached hydrogen (secondary N) is 1. The summed E-state index contributed by atoms with van der Waals surface area (Å²) in [7, 11) is 0. The predicted molar refractivity (Wildman–Crippen MR) is 124 cm³/mol. The number of carbonyl (C=O) groups is 2. The molecule has 1 saturated heterocycles. The zero-order chi connectivity index (χ0) is 21.1. The van der Waals surface area contributed by atoms with Gasteiger partial charge in [0.15, 0.2) is 0 Å². The summed E-state index contributed by atoms with van der Waals surface area (Å²) in [5.74, 6) is 0.146. The molecule has 2 aromatic carbocycles. The van der Waals surface area contributed by atoms with Gasteiger partial charge in [0, 0.05) is 42.4 Å². The maximum Gasteiger partial charge on any atom is 0.244 e. The lowest BCUT2D eigenvalue weighted by atomic mass is 10.1. The van der Waals surface area contributed by atoms with Crippen LogP contribution in [0.5, 0.6) is 0 Å². The number of benzene rings is 2. The van der Waals surface area contributed by atoms with Crippen molar-refractivity contribution in [3.05, 3.63) is 48.0 Å². The Morgan fingerprint density at radius 1 is 1.10 bits per heavy atom. The quantitative estimate of drug-likeness (QED) is 0.799. The van der Waals surface area contributed by atoms with Crippen LogP contribution < -0.4 is 15.1 Å². The Morgan fingerprint density at radius 3 is 2.60 bits per heavy atom. The van der Waals surface area contributed by atoms with E-state index in [2.05, 4.69) is 34.2 Å².